The quantitative estimate of drug-likeness (QED) is 0.534. The van der Waals surface area contributed by atoms with Gasteiger partial charge < -0.3 is 24.3 Å². The average molecular weight is 341 g/mol. The van der Waals surface area contributed by atoms with Crippen molar-refractivity contribution in [1.29, 1.82) is 0 Å². The van der Waals surface area contributed by atoms with Crippen molar-refractivity contribution in [3.8, 4) is 0 Å². The first-order valence-corrected chi connectivity index (χ1v) is 9.67. The van der Waals surface area contributed by atoms with Crippen molar-refractivity contribution in [2.24, 2.45) is 5.73 Å². The van der Waals surface area contributed by atoms with E-state index in [9.17, 15) is 0 Å². The Kier molecular flexibility index (Phi) is 11.9. The summed E-state index contributed by atoms with van der Waals surface area (Å²) in [6.45, 7) is 8.65. The van der Waals surface area contributed by atoms with Gasteiger partial charge >= 0.3 is 8.80 Å². The van der Waals surface area contributed by atoms with Gasteiger partial charge in [0.1, 0.15) is 0 Å². The molecule has 1 aromatic rings. The Bertz CT molecular complexity index is 405. The van der Waals surface area contributed by atoms with Gasteiger partial charge in [-0.1, -0.05) is 50.3 Å². The second kappa shape index (κ2) is 12.4. The van der Waals surface area contributed by atoms with Crippen LogP contribution < -0.4 is 11.1 Å². The number of benzene rings is 1. The lowest BCUT2D eigenvalue weighted by Gasteiger charge is -2.32. The zero-order valence-corrected chi connectivity index (χ0v) is 16.0. The van der Waals surface area contributed by atoms with E-state index in [4.69, 9.17) is 19.0 Å². The molecule has 0 aliphatic heterocycles. The molecule has 23 heavy (non-hydrogen) atoms. The third kappa shape index (κ3) is 6.95. The maximum atomic E-state index is 5.68. The van der Waals surface area contributed by atoms with Crippen LogP contribution in [0, 0.1) is 0 Å². The number of hydrogen-bond donors (Lipinski definition) is 2. The SMILES string of the molecule is C=CC(N)c1ccccc1.CCNC(CC)[Si](OC)(OC)OC. The molecule has 1 rings (SSSR count). The highest BCUT2D eigenvalue weighted by Crippen LogP contribution is 2.14. The molecule has 0 bridgehead atoms. The lowest BCUT2D eigenvalue weighted by Crippen LogP contribution is -2.60. The van der Waals surface area contributed by atoms with Crippen LogP contribution in [-0.4, -0.2) is 42.3 Å². The fourth-order valence-electron chi connectivity index (χ4n) is 2.25. The highest BCUT2D eigenvalue weighted by atomic mass is 28.4. The standard InChI is InChI=1S/C9H11N.C8H21NO3Si/c1-2-9(10)8-6-4-3-5-7-8;1-6-8(9-7-2)13(10-3,11-4)12-5/h2-7,9H,1,10H2;8-9H,6-7H2,1-5H3. The summed E-state index contributed by atoms with van der Waals surface area (Å²) in [6, 6.07) is 9.87. The van der Waals surface area contributed by atoms with Gasteiger partial charge in [-0.2, -0.15) is 0 Å². The molecule has 0 heterocycles. The molecule has 0 saturated heterocycles. The maximum Gasteiger partial charge on any atom is 0.517 e. The van der Waals surface area contributed by atoms with E-state index in [0.717, 1.165) is 18.5 Å². The summed E-state index contributed by atoms with van der Waals surface area (Å²) < 4.78 is 16.1. The van der Waals surface area contributed by atoms with Crippen LogP contribution in [0.25, 0.3) is 0 Å². The van der Waals surface area contributed by atoms with E-state index in [2.05, 4.69) is 25.7 Å². The predicted octanol–water partition coefficient (Wildman–Crippen LogP) is 2.66. The molecule has 0 saturated carbocycles. The Morgan fingerprint density at radius 1 is 1.13 bits per heavy atom. The molecule has 2 atom stereocenters. The fraction of sp³-hybridized carbons (Fsp3) is 0.529. The van der Waals surface area contributed by atoms with Crippen molar-refractivity contribution in [2.75, 3.05) is 27.9 Å². The summed E-state index contributed by atoms with van der Waals surface area (Å²) in [5.74, 6) is 0. The molecule has 0 spiro atoms. The molecule has 0 aliphatic rings. The minimum atomic E-state index is -2.48. The van der Waals surface area contributed by atoms with Gasteiger partial charge in [0.25, 0.3) is 0 Å². The summed E-state index contributed by atoms with van der Waals surface area (Å²) in [5.41, 5.74) is 6.96. The molecular formula is C17H32N2O3Si. The smallest absolute Gasteiger partial charge is 0.376 e. The van der Waals surface area contributed by atoms with Gasteiger partial charge in [0.15, 0.2) is 0 Å². The van der Waals surface area contributed by atoms with Gasteiger partial charge in [-0.05, 0) is 18.5 Å². The topological polar surface area (TPSA) is 65.7 Å². The Hall–Kier alpha value is -1.02. The van der Waals surface area contributed by atoms with Crippen LogP contribution >= 0.6 is 0 Å². The van der Waals surface area contributed by atoms with Crippen molar-refractivity contribution >= 4 is 8.80 Å². The third-order valence-electron chi connectivity index (χ3n) is 3.58. The lowest BCUT2D eigenvalue weighted by molar-refractivity contribution is 0.106. The Morgan fingerprint density at radius 2 is 1.65 bits per heavy atom. The number of nitrogens with two attached hydrogens (primary N) is 1. The van der Waals surface area contributed by atoms with E-state index in [0.29, 0.717) is 0 Å². The Balaban J connectivity index is 0.000000433. The normalized spacial score (nSPS) is 13.7. The molecule has 132 valence electrons. The second-order valence-electron chi connectivity index (χ2n) is 4.91. The van der Waals surface area contributed by atoms with E-state index >= 15 is 0 Å². The van der Waals surface area contributed by atoms with E-state index in [1.807, 2.05) is 30.3 Å². The summed E-state index contributed by atoms with van der Waals surface area (Å²) in [4.78, 5) is 0. The van der Waals surface area contributed by atoms with Gasteiger partial charge in [-0.3, -0.25) is 0 Å². The molecular weight excluding hydrogens is 308 g/mol. The monoisotopic (exact) mass is 340 g/mol. The van der Waals surface area contributed by atoms with Crippen molar-refractivity contribution < 1.29 is 13.3 Å². The molecule has 3 N–H and O–H groups in total. The molecule has 0 radical (unpaired) electrons. The van der Waals surface area contributed by atoms with Gasteiger partial charge in [-0.25, -0.2) is 0 Å². The molecule has 0 fully saturated rings. The van der Waals surface area contributed by atoms with Crippen molar-refractivity contribution in [1.82, 2.24) is 5.32 Å². The van der Waals surface area contributed by atoms with Crippen LogP contribution in [0.1, 0.15) is 31.9 Å². The van der Waals surface area contributed by atoms with Crippen molar-refractivity contribution in [2.45, 2.75) is 32.0 Å². The minimum absolute atomic E-state index is 0.0267. The van der Waals surface area contributed by atoms with Crippen LogP contribution in [-0.2, 0) is 13.3 Å². The van der Waals surface area contributed by atoms with Crippen molar-refractivity contribution in [3.63, 3.8) is 0 Å². The molecule has 0 amide bonds. The Morgan fingerprint density at radius 3 is 2.00 bits per heavy atom. The largest absolute Gasteiger partial charge is 0.517 e. The lowest BCUT2D eigenvalue weighted by atomic mass is 10.1. The van der Waals surface area contributed by atoms with Gasteiger partial charge in [0.05, 0.1) is 5.67 Å². The van der Waals surface area contributed by atoms with Crippen LogP contribution in [0.2, 0.25) is 0 Å². The number of nitrogens with one attached hydrogen (secondary N) is 1. The summed E-state index contributed by atoms with van der Waals surface area (Å²) in [7, 11) is 2.44. The van der Waals surface area contributed by atoms with Crippen LogP contribution in [0.5, 0.6) is 0 Å². The summed E-state index contributed by atoms with van der Waals surface area (Å²) >= 11 is 0. The first-order valence-electron chi connectivity index (χ1n) is 7.86. The molecule has 0 aromatic heterocycles. The maximum absolute atomic E-state index is 5.68. The van der Waals surface area contributed by atoms with Crippen LogP contribution in [0.15, 0.2) is 43.0 Å². The molecule has 1 aromatic carbocycles. The highest BCUT2D eigenvalue weighted by molar-refractivity contribution is 6.62. The van der Waals surface area contributed by atoms with Crippen LogP contribution in [0.3, 0.4) is 0 Å². The van der Waals surface area contributed by atoms with Crippen LogP contribution in [0.4, 0.5) is 0 Å². The zero-order chi connectivity index (χ0) is 17.7. The first-order chi connectivity index (χ1) is 11.0. The van der Waals surface area contributed by atoms with Gasteiger partial charge in [0, 0.05) is 27.4 Å². The summed E-state index contributed by atoms with van der Waals surface area (Å²) in [6.07, 6.45) is 2.67. The second-order valence-corrected chi connectivity index (χ2v) is 8.04. The molecule has 0 aliphatic carbocycles. The zero-order valence-electron chi connectivity index (χ0n) is 15.0. The molecule has 2 unspecified atom stereocenters. The van der Waals surface area contributed by atoms with Gasteiger partial charge in [-0.15, -0.1) is 6.58 Å². The Labute approximate surface area is 142 Å². The van der Waals surface area contributed by atoms with E-state index in [-0.39, 0.29) is 11.7 Å². The molecule has 5 nitrogen and oxygen atoms in total. The number of hydrogen-bond acceptors (Lipinski definition) is 5. The minimum Gasteiger partial charge on any atom is -0.376 e. The fourth-order valence-corrected chi connectivity index (χ4v) is 4.56. The van der Waals surface area contributed by atoms with E-state index < -0.39 is 8.80 Å². The van der Waals surface area contributed by atoms with E-state index in [1.54, 1.807) is 27.4 Å². The van der Waals surface area contributed by atoms with E-state index in [1.165, 1.54) is 0 Å². The summed E-state index contributed by atoms with van der Waals surface area (Å²) in [5, 5.41) is 3.31. The van der Waals surface area contributed by atoms with Crippen molar-refractivity contribution in [3.05, 3.63) is 48.6 Å². The predicted molar refractivity (Wildman–Crippen MR) is 98.1 cm³/mol. The average Bonchev–Trinajstić information content (AvgIpc) is 2.63. The number of rotatable bonds is 9. The van der Waals surface area contributed by atoms with Gasteiger partial charge in [0.2, 0.25) is 0 Å². The first kappa shape index (κ1) is 22.0. The third-order valence-corrected chi connectivity index (χ3v) is 6.75. The molecule has 6 heteroatoms. The highest BCUT2D eigenvalue weighted by Gasteiger charge is 2.45.